The van der Waals surface area contributed by atoms with Gasteiger partial charge in [0.15, 0.2) is 5.78 Å². The summed E-state index contributed by atoms with van der Waals surface area (Å²) in [5.74, 6) is -0.00926. The Kier molecular flexibility index (Phi) is 4.00. The molecule has 2 rings (SSSR count). The summed E-state index contributed by atoms with van der Waals surface area (Å²) in [5, 5.41) is 1.10. The number of rotatable bonds is 3. The van der Waals surface area contributed by atoms with Gasteiger partial charge < -0.3 is 0 Å². The van der Waals surface area contributed by atoms with Gasteiger partial charge in [0.05, 0.1) is 5.02 Å². The predicted octanol–water partition coefficient (Wildman–Crippen LogP) is 4.12. The molecule has 0 fully saturated rings. The monoisotopic (exact) mass is 279 g/mol. The SMILES string of the molecule is Cc1ccc(C(=O)Cc2ccncc2Cl)cc1Cl. The van der Waals surface area contributed by atoms with Gasteiger partial charge in [0.25, 0.3) is 0 Å². The summed E-state index contributed by atoms with van der Waals surface area (Å²) in [7, 11) is 0. The highest BCUT2D eigenvalue weighted by atomic mass is 35.5. The third-order valence-corrected chi connectivity index (χ3v) is 3.45. The number of aromatic nitrogens is 1. The van der Waals surface area contributed by atoms with Crippen LogP contribution in [0.25, 0.3) is 0 Å². The lowest BCUT2D eigenvalue weighted by Crippen LogP contribution is -2.04. The van der Waals surface area contributed by atoms with Gasteiger partial charge in [-0.25, -0.2) is 0 Å². The summed E-state index contributed by atoms with van der Waals surface area (Å²) < 4.78 is 0. The van der Waals surface area contributed by atoms with Crippen molar-refractivity contribution >= 4 is 29.0 Å². The minimum atomic E-state index is -0.00926. The van der Waals surface area contributed by atoms with Crippen molar-refractivity contribution in [2.24, 2.45) is 0 Å². The average molecular weight is 280 g/mol. The Hall–Kier alpha value is -1.38. The van der Waals surface area contributed by atoms with Crippen LogP contribution >= 0.6 is 23.2 Å². The third kappa shape index (κ3) is 2.89. The molecule has 0 radical (unpaired) electrons. The Bertz CT molecular complexity index is 596. The van der Waals surface area contributed by atoms with Gasteiger partial charge in [0, 0.05) is 29.4 Å². The first-order valence-electron chi connectivity index (χ1n) is 5.45. The molecule has 2 aromatic rings. The number of ketones is 1. The van der Waals surface area contributed by atoms with Crippen LogP contribution in [0.4, 0.5) is 0 Å². The highest BCUT2D eigenvalue weighted by molar-refractivity contribution is 6.32. The van der Waals surface area contributed by atoms with Crippen LogP contribution in [-0.4, -0.2) is 10.8 Å². The van der Waals surface area contributed by atoms with Crippen LogP contribution in [0.15, 0.2) is 36.7 Å². The Morgan fingerprint density at radius 1 is 1.22 bits per heavy atom. The first kappa shape index (κ1) is 13.1. The lowest BCUT2D eigenvalue weighted by Gasteiger charge is -2.05. The van der Waals surface area contributed by atoms with Gasteiger partial charge in [-0.3, -0.25) is 9.78 Å². The van der Waals surface area contributed by atoms with Crippen LogP contribution in [0.3, 0.4) is 0 Å². The third-order valence-electron chi connectivity index (χ3n) is 2.70. The zero-order valence-corrected chi connectivity index (χ0v) is 11.3. The smallest absolute Gasteiger partial charge is 0.167 e. The first-order valence-corrected chi connectivity index (χ1v) is 6.21. The Balaban J connectivity index is 2.22. The van der Waals surface area contributed by atoms with Gasteiger partial charge in [-0.2, -0.15) is 0 Å². The summed E-state index contributed by atoms with van der Waals surface area (Å²) in [4.78, 5) is 16.0. The van der Waals surface area contributed by atoms with E-state index in [0.717, 1.165) is 11.1 Å². The van der Waals surface area contributed by atoms with Crippen LogP contribution in [0.1, 0.15) is 21.5 Å². The molecule has 0 aliphatic heterocycles. The standard InChI is InChI=1S/C14H11Cl2NO/c1-9-2-3-11(6-12(9)15)14(18)7-10-4-5-17-8-13(10)16/h2-6,8H,7H2,1H3. The number of benzene rings is 1. The van der Waals surface area contributed by atoms with Crippen molar-refractivity contribution in [2.75, 3.05) is 0 Å². The molecule has 0 N–H and O–H groups in total. The van der Waals surface area contributed by atoms with E-state index in [2.05, 4.69) is 4.98 Å². The maximum atomic E-state index is 12.1. The summed E-state index contributed by atoms with van der Waals surface area (Å²) >= 11 is 12.0. The Morgan fingerprint density at radius 3 is 2.67 bits per heavy atom. The number of Topliss-reactive ketones (excluding diaryl/α,β-unsaturated/α-hetero) is 1. The van der Waals surface area contributed by atoms with Crippen molar-refractivity contribution in [2.45, 2.75) is 13.3 Å². The van der Waals surface area contributed by atoms with Crippen LogP contribution in [-0.2, 0) is 6.42 Å². The number of nitrogens with zero attached hydrogens (tertiary/aromatic N) is 1. The molecule has 0 saturated heterocycles. The summed E-state index contributed by atoms with van der Waals surface area (Å²) in [6.07, 6.45) is 3.41. The topological polar surface area (TPSA) is 30.0 Å². The van der Waals surface area contributed by atoms with Gasteiger partial charge >= 0.3 is 0 Å². The minimum Gasteiger partial charge on any atom is -0.294 e. The summed E-state index contributed by atoms with van der Waals surface area (Å²) in [6.45, 7) is 1.90. The van der Waals surface area contributed by atoms with Crippen LogP contribution in [0.2, 0.25) is 10.0 Å². The molecule has 92 valence electrons. The van der Waals surface area contributed by atoms with Crippen molar-refractivity contribution in [3.63, 3.8) is 0 Å². The molecule has 0 aliphatic carbocycles. The average Bonchev–Trinajstić information content (AvgIpc) is 2.35. The van der Waals surface area contributed by atoms with Crippen LogP contribution in [0.5, 0.6) is 0 Å². The molecular weight excluding hydrogens is 269 g/mol. The van der Waals surface area contributed by atoms with E-state index in [1.807, 2.05) is 13.0 Å². The molecule has 0 bridgehead atoms. The fourth-order valence-electron chi connectivity index (χ4n) is 1.59. The normalized spacial score (nSPS) is 10.4. The molecule has 0 atom stereocenters. The Labute approximate surface area is 116 Å². The van der Waals surface area contributed by atoms with Gasteiger partial charge in [-0.15, -0.1) is 0 Å². The minimum absolute atomic E-state index is 0.00926. The van der Waals surface area contributed by atoms with Crippen molar-refractivity contribution in [3.05, 3.63) is 63.4 Å². The maximum Gasteiger partial charge on any atom is 0.167 e. The molecule has 0 unspecified atom stereocenters. The maximum absolute atomic E-state index is 12.1. The van der Waals surface area contributed by atoms with E-state index in [9.17, 15) is 4.79 Å². The number of hydrogen-bond donors (Lipinski definition) is 0. The zero-order chi connectivity index (χ0) is 13.1. The molecule has 4 heteroatoms. The van der Waals surface area contributed by atoms with Gasteiger partial charge in [0.2, 0.25) is 0 Å². The zero-order valence-electron chi connectivity index (χ0n) is 9.78. The fraction of sp³-hybridized carbons (Fsp3) is 0.143. The van der Waals surface area contributed by atoms with E-state index >= 15 is 0 Å². The molecule has 0 spiro atoms. The highest BCUT2D eigenvalue weighted by Gasteiger charge is 2.10. The van der Waals surface area contributed by atoms with E-state index in [1.54, 1.807) is 24.4 Å². The molecule has 0 amide bonds. The van der Waals surface area contributed by atoms with Crippen molar-refractivity contribution in [1.29, 1.82) is 0 Å². The number of carbonyl (C=O) groups is 1. The number of halogens is 2. The van der Waals surface area contributed by atoms with Gasteiger partial charge in [0.1, 0.15) is 0 Å². The first-order chi connectivity index (χ1) is 8.58. The molecule has 1 aromatic carbocycles. The van der Waals surface area contributed by atoms with Crippen molar-refractivity contribution in [3.8, 4) is 0 Å². The number of aryl methyl sites for hydroxylation is 1. The number of hydrogen-bond acceptors (Lipinski definition) is 2. The predicted molar refractivity (Wildman–Crippen MR) is 73.5 cm³/mol. The number of carbonyl (C=O) groups excluding carboxylic acids is 1. The van der Waals surface area contributed by atoms with E-state index < -0.39 is 0 Å². The molecular formula is C14H11Cl2NO. The van der Waals surface area contributed by atoms with E-state index in [1.165, 1.54) is 6.20 Å². The van der Waals surface area contributed by atoms with Crippen LogP contribution < -0.4 is 0 Å². The van der Waals surface area contributed by atoms with Crippen LogP contribution in [0, 0.1) is 6.92 Å². The van der Waals surface area contributed by atoms with Crippen molar-refractivity contribution < 1.29 is 4.79 Å². The quantitative estimate of drug-likeness (QED) is 0.791. The largest absolute Gasteiger partial charge is 0.294 e. The second-order valence-corrected chi connectivity index (χ2v) is 4.85. The lowest BCUT2D eigenvalue weighted by molar-refractivity contribution is 0.0993. The van der Waals surface area contributed by atoms with E-state index in [0.29, 0.717) is 15.6 Å². The number of pyridine rings is 1. The fourth-order valence-corrected chi connectivity index (χ4v) is 1.96. The second kappa shape index (κ2) is 5.51. The molecule has 1 heterocycles. The highest BCUT2D eigenvalue weighted by Crippen LogP contribution is 2.20. The van der Waals surface area contributed by atoms with E-state index in [4.69, 9.17) is 23.2 Å². The summed E-state index contributed by atoms with van der Waals surface area (Å²) in [6, 6.07) is 7.05. The second-order valence-electron chi connectivity index (χ2n) is 4.03. The summed E-state index contributed by atoms with van der Waals surface area (Å²) in [5.41, 5.74) is 2.32. The molecule has 1 aromatic heterocycles. The van der Waals surface area contributed by atoms with Gasteiger partial charge in [-0.1, -0.05) is 35.3 Å². The Morgan fingerprint density at radius 2 is 2.00 bits per heavy atom. The molecule has 18 heavy (non-hydrogen) atoms. The molecule has 0 aliphatic rings. The lowest BCUT2D eigenvalue weighted by atomic mass is 10.0. The molecule has 0 saturated carbocycles. The van der Waals surface area contributed by atoms with Gasteiger partial charge in [-0.05, 0) is 30.2 Å². The van der Waals surface area contributed by atoms with E-state index in [-0.39, 0.29) is 12.2 Å². The van der Waals surface area contributed by atoms with Crippen molar-refractivity contribution in [1.82, 2.24) is 4.98 Å². The molecule has 2 nitrogen and oxygen atoms in total.